The summed E-state index contributed by atoms with van der Waals surface area (Å²) < 4.78 is 70.3. The average Bonchev–Trinajstić information content (AvgIpc) is 2.78. The van der Waals surface area contributed by atoms with E-state index in [1.165, 1.54) is 31.2 Å². The minimum Gasteiger partial charge on any atom is -0.457 e. The molecular weight excluding hydrogens is 469 g/mol. The Morgan fingerprint density at radius 1 is 0.971 bits per heavy atom. The highest BCUT2D eigenvalue weighted by molar-refractivity contribution is 7.92. The SMILES string of the molecule is C[C@H](C(=O)NCc1cccc(C(F)(F)F)c1)N(c1ccc(Oc2ccccc2)cc1)S(C)(=O)=O. The molecule has 1 amide bonds. The molecule has 0 saturated carbocycles. The predicted octanol–water partition coefficient (Wildman–Crippen LogP) is 4.97. The molecule has 0 aliphatic heterocycles. The highest BCUT2D eigenvalue weighted by Crippen LogP contribution is 2.30. The molecule has 3 aromatic carbocycles. The Morgan fingerprint density at radius 3 is 2.18 bits per heavy atom. The van der Waals surface area contributed by atoms with E-state index in [1.807, 2.05) is 18.2 Å². The molecule has 0 radical (unpaired) electrons. The Kier molecular flexibility index (Phi) is 7.51. The standard InChI is InChI=1S/C24H23F3N2O4S/c1-17(23(30)28-16-18-7-6-8-19(15-18)24(25,26)27)29(34(2,31)32)20-11-13-22(14-12-20)33-21-9-4-3-5-10-21/h3-15,17H,16H2,1-2H3,(H,28,30)/t17-/m1/s1. The summed E-state index contributed by atoms with van der Waals surface area (Å²) in [6, 6.07) is 18.6. The van der Waals surface area contributed by atoms with Crippen molar-refractivity contribution in [2.45, 2.75) is 25.7 Å². The molecule has 1 atom stereocenters. The van der Waals surface area contributed by atoms with Crippen LogP contribution in [0.15, 0.2) is 78.9 Å². The number of nitrogens with zero attached hydrogens (tertiary/aromatic N) is 1. The molecule has 0 bridgehead atoms. The van der Waals surface area contributed by atoms with Crippen LogP contribution in [0, 0.1) is 0 Å². The largest absolute Gasteiger partial charge is 0.457 e. The number of ether oxygens (including phenoxy) is 1. The first-order valence-corrected chi connectivity index (χ1v) is 12.1. The second-order valence-electron chi connectivity index (χ2n) is 7.56. The quantitative estimate of drug-likeness (QED) is 0.482. The van der Waals surface area contributed by atoms with Gasteiger partial charge in [0.05, 0.1) is 17.5 Å². The van der Waals surface area contributed by atoms with Gasteiger partial charge in [-0.15, -0.1) is 0 Å². The Balaban J connectivity index is 1.73. The zero-order chi connectivity index (χ0) is 24.9. The number of benzene rings is 3. The van der Waals surface area contributed by atoms with E-state index >= 15 is 0 Å². The van der Waals surface area contributed by atoms with Gasteiger partial charge in [-0.25, -0.2) is 8.42 Å². The summed E-state index contributed by atoms with van der Waals surface area (Å²) in [5, 5.41) is 2.51. The van der Waals surface area contributed by atoms with E-state index in [1.54, 1.807) is 24.3 Å². The Hall–Kier alpha value is -3.53. The van der Waals surface area contributed by atoms with Gasteiger partial charge < -0.3 is 10.1 Å². The Bertz CT molecular complexity index is 1230. The number of amides is 1. The third-order valence-electron chi connectivity index (χ3n) is 4.88. The van der Waals surface area contributed by atoms with E-state index in [9.17, 15) is 26.4 Å². The van der Waals surface area contributed by atoms with Crippen molar-refractivity contribution in [2.75, 3.05) is 10.6 Å². The zero-order valence-electron chi connectivity index (χ0n) is 18.4. The summed E-state index contributed by atoms with van der Waals surface area (Å²) in [6.07, 6.45) is -3.53. The van der Waals surface area contributed by atoms with E-state index in [4.69, 9.17) is 4.74 Å². The van der Waals surface area contributed by atoms with Gasteiger partial charge in [0.2, 0.25) is 15.9 Å². The third kappa shape index (κ3) is 6.50. The molecule has 180 valence electrons. The summed E-state index contributed by atoms with van der Waals surface area (Å²) in [4.78, 5) is 12.7. The number of hydrogen-bond acceptors (Lipinski definition) is 4. The number of rotatable bonds is 8. The van der Waals surface area contributed by atoms with Crippen molar-refractivity contribution in [3.05, 3.63) is 90.0 Å². The highest BCUT2D eigenvalue weighted by Gasteiger charge is 2.31. The maximum atomic E-state index is 12.9. The van der Waals surface area contributed by atoms with Crippen LogP contribution in [0.4, 0.5) is 18.9 Å². The predicted molar refractivity (Wildman–Crippen MR) is 123 cm³/mol. The van der Waals surface area contributed by atoms with Gasteiger partial charge >= 0.3 is 6.18 Å². The van der Waals surface area contributed by atoms with Crippen LogP contribution in [-0.4, -0.2) is 26.6 Å². The van der Waals surface area contributed by atoms with Crippen molar-refractivity contribution in [2.24, 2.45) is 0 Å². The number of sulfonamides is 1. The van der Waals surface area contributed by atoms with Crippen molar-refractivity contribution in [3.63, 3.8) is 0 Å². The minimum absolute atomic E-state index is 0.186. The van der Waals surface area contributed by atoms with Crippen LogP contribution in [0.3, 0.4) is 0 Å². The van der Waals surface area contributed by atoms with Crippen molar-refractivity contribution >= 4 is 21.6 Å². The smallest absolute Gasteiger partial charge is 0.416 e. The van der Waals surface area contributed by atoms with Gasteiger partial charge in [-0.1, -0.05) is 30.3 Å². The maximum Gasteiger partial charge on any atom is 0.416 e. The van der Waals surface area contributed by atoms with Crippen molar-refractivity contribution in [1.29, 1.82) is 0 Å². The zero-order valence-corrected chi connectivity index (χ0v) is 19.2. The highest BCUT2D eigenvalue weighted by atomic mass is 32.2. The second kappa shape index (κ2) is 10.2. The Morgan fingerprint density at radius 2 is 1.59 bits per heavy atom. The summed E-state index contributed by atoms with van der Waals surface area (Å²) in [7, 11) is -3.86. The molecule has 0 fully saturated rings. The molecule has 0 spiro atoms. The van der Waals surface area contributed by atoms with Gasteiger partial charge in [-0.05, 0) is 61.0 Å². The molecule has 3 rings (SSSR count). The van der Waals surface area contributed by atoms with Crippen LogP contribution >= 0.6 is 0 Å². The van der Waals surface area contributed by atoms with Crippen LogP contribution in [0.1, 0.15) is 18.1 Å². The molecule has 0 unspecified atom stereocenters. The lowest BCUT2D eigenvalue weighted by Crippen LogP contribution is -2.47. The summed E-state index contributed by atoms with van der Waals surface area (Å²) in [5.41, 5.74) is -0.351. The summed E-state index contributed by atoms with van der Waals surface area (Å²) in [5.74, 6) is 0.426. The lowest BCUT2D eigenvalue weighted by atomic mass is 10.1. The average molecular weight is 493 g/mol. The summed E-state index contributed by atoms with van der Waals surface area (Å²) in [6.45, 7) is 1.21. The molecule has 3 aromatic rings. The van der Waals surface area contributed by atoms with E-state index in [0.717, 1.165) is 22.7 Å². The second-order valence-corrected chi connectivity index (χ2v) is 9.42. The fourth-order valence-electron chi connectivity index (χ4n) is 3.29. The first kappa shape index (κ1) is 25.1. The fraction of sp³-hybridized carbons (Fsp3) is 0.208. The summed E-state index contributed by atoms with van der Waals surface area (Å²) >= 11 is 0. The minimum atomic E-state index is -4.50. The number of carbonyl (C=O) groups excluding carboxylic acids is 1. The van der Waals surface area contributed by atoms with Gasteiger partial charge in [0.25, 0.3) is 0 Å². The van der Waals surface area contributed by atoms with Gasteiger partial charge in [-0.2, -0.15) is 13.2 Å². The van der Waals surface area contributed by atoms with Gasteiger partial charge in [-0.3, -0.25) is 9.10 Å². The molecule has 0 aliphatic carbocycles. The number of nitrogens with one attached hydrogen (secondary N) is 1. The normalized spacial score (nSPS) is 12.6. The number of anilines is 1. The molecule has 0 saturated heterocycles. The van der Waals surface area contributed by atoms with Crippen molar-refractivity contribution < 1.29 is 31.1 Å². The topological polar surface area (TPSA) is 75.7 Å². The number of halogens is 3. The number of para-hydroxylation sites is 1. The number of carbonyl (C=O) groups is 1. The molecule has 0 heterocycles. The van der Waals surface area contributed by atoms with Crippen LogP contribution in [-0.2, 0) is 27.5 Å². The maximum absolute atomic E-state index is 12.9. The molecule has 6 nitrogen and oxygen atoms in total. The lowest BCUT2D eigenvalue weighted by molar-refractivity contribution is -0.137. The number of hydrogen-bond donors (Lipinski definition) is 1. The van der Waals surface area contributed by atoms with Gasteiger partial charge in [0.15, 0.2) is 0 Å². The molecular formula is C24H23F3N2O4S. The number of alkyl halides is 3. The van der Waals surface area contributed by atoms with E-state index in [2.05, 4.69) is 5.32 Å². The Labute approximate surface area is 196 Å². The monoisotopic (exact) mass is 492 g/mol. The van der Waals surface area contributed by atoms with Crippen LogP contribution in [0.2, 0.25) is 0 Å². The van der Waals surface area contributed by atoms with Crippen molar-refractivity contribution in [3.8, 4) is 11.5 Å². The lowest BCUT2D eigenvalue weighted by Gasteiger charge is -2.28. The van der Waals surface area contributed by atoms with Crippen LogP contribution in [0.25, 0.3) is 0 Å². The molecule has 34 heavy (non-hydrogen) atoms. The fourth-order valence-corrected chi connectivity index (χ4v) is 4.46. The third-order valence-corrected chi connectivity index (χ3v) is 6.12. The first-order chi connectivity index (χ1) is 15.9. The van der Waals surface area contributed by atoms with E-state index in [0.29, 0.717) is 11.5 Å². The molecule has 10 heteroatoms. The van der Waals surface area contributed by atoms with Gasteiger partial charge in [0, 0.05) is 6.54 Å². The van der Waals surface area contributed by atoms with Crippen LogP contribution in [0.5, 0.6) is 11.5 Å². The van der Waals surface area contributed by atoms with Crippen molar-refractivity contribution in [1.82, 2.24) is 5.32 Å². The molecule has 1 N–H and O–H groups in total. The van der Waals surface area contributed by atoms with E-state index < -0.39 is 33.7 Å². The van der Waals surface area contributed by atoms with Crippen LogP contribution < -0.4 is 14.4 Å². The first-order valence-electron chi connectivity index (χ1n) is 10.2. The van der Waals surface area contributed by atoms with E-state index in [-0.39, 0.29) is 17.8 Å². The molecule has 0 aliphatic rings. The van der Waals surface area contributed by atoms with Gasteiger partial charge in [0.1, 0.15) is 17.5 Å². The molecule has 0 aromatic heterocycles.